The summed E-state index contributed by atoms with van der Waals surface area (Å²) in [5, 5.41) is 17.0. The summed E-state index contributed by atoms with van der Waals surface area (Å²) < 4.78 is 0. The molecule has 0 saturated carbocycles. The van der Waals surface area contributed by atoms with Gasteiger partial charge in [0.15, 0.2) is 0 Å². The highest BCUT2D eigenvalue weighted by atomic mass is 16.4. The summed E-state index contributed by atoms with van der Waals surface area (Å²) in [6, 6.07) is 0. The van der Waals surface area contributed by atoms with E-state index in [0.717, 1.165) is 25.7 Å². The van der Waals surface area contributed by atoms with E-state index in [9.17, 15) is 4.79 Å². The van der Waals surface area contributed by atoms with Crippen molar-refractivity contribution in [1.82, 2.24) is 0 Å². The molecule has 100 valence electrons. The van der Waals surface area contributed by atoms with Gasteiger partial charge >= 0.3 is 5.97 Å². The maximum atomic E-state index is 10.2. The topological polar surface area (TPSA) is 57.5 Å². The quantitative estimate of drug-likeness (QED) is 0.406. The molecule has 2 N–H and O–H groups in total. The number of allylic oxidation sites excluding steroid dienone is 1. The molecular weight excluding hydrogens is 216 g/mol. The van der Waals surface area contributed by atoms with Crippen LogP contribution in [0.25, 0.3) is 0 Å². The Kier molecular flexibility index (Phi) is 12.6. The lowest BCUT2D eigenvalue weighted by Crippen LogP contribution is -1.86. The third-order valence-electron chi connectivity index (χ3n) is 2.79. The van der Waals surface area contributed by atoms with E-state index in [1.54, 1.807) is 6.08 Å². The van der Waals surface area contributed by atoms with Crippen molar-refractivity contribution in [3.63, 3.8) is 0 Å². The van der Waals surface area contributed by atoms with E-state index in [1.165, 1.54) is 44.6 Å². The fraction of sp³-hybridized carbons (Fsp3) is 0.786. The predicted molar refractivity (Wildman–Crippen MR) is 70.0 cm³/mol. The number of carboxylic acids is 1. The first kappa shape index (κ1) is 16.2. The predicted octanol–water partition coefficient (Wildman–Crippen LogP) is 3.52. The SMILES string of the molecule is O=C(O)/C=C\CCCCCCCCCCCO. The molecule has 0 aromatic carbocycles. The zero-order valence-corrected chi connectivity index (χ0v) is 10.7. The largest absolute Gasteiger partial charge is 0.478 e. The van der Waals surface area contributed by atoms with E-state index in [0.29, 0.717) is 6.61 Å². The van der Waals surface area contributed by atoms with E-state index >= 15 is 0 Å². The molecule has 0 spiro atoms. The van der Waals surface area contributed by atoms with Crippen LogP contribution in [0.3, 0.4) is 0 Å². The minimum Gasteiger partial charge on any atom is -0.478 e. The van der Waals surface area contributed by atoms with Gasteiger partial charge in [0, 0.05) is 12.7 Å². The first-order valence-electron chi connectivity index (χ1n) is 6.77. The van der Waals surface area contributed by atoms with Crippen LogP contribution in [-0.2, 0) is 4.79 Å². The smallest absolute Gasteiger partial charge is 0.327 e. The van der Waals surface area contributed by atoms with Gasteiger partial charge in [0.2, 0.25) is 0 Å². The highest BCUT2D eigenvalue weighted by Crippen LogP contribution is 2.10. The monoisotopic (exact) mass is 242 g/mol. The molecule has 0 aromatic heterocycles. The maximum Gasteiger partial charge on any atom is 0.327 e. The van der Waals surface area contributed by atoms with E-state index in [-0.39, 0.29) is 0 Å². The van der Waals surface area contributed by atoms with Crippen molar-refractivity contribution >= 4 is 5.97 Å². The Morgan fingerprint density at radius 1 is 0.824 bits per heavy atom. The summed E-state index contributed by atoms with van der Waals surface area (Å²) in [7, 11) is 0. The Balaban J connectivity index is 3.01. The van der Waals surface area contributed by atoms with Crippen LogP contribution < -0.4 is 0 Å². The molecule has 0 fully saturated rings. The van der Waals surface area contributed by atoms with Crippen LogP contribution in [0.5, 0.6) is 0 Å². The van der Waals surface area contributed by atoms with Gasteiger partial charge in [0.25, 0.3) is 0 Å². The van der Waals surface area contributed by atoms with E-state index < -0.39 is 5.97 Å². The van der Waals surface area contributed by atoms with Crippen molar-refractivity contribution in [3.05, 3.63) is 12.2 Å². The molecule has 0 atom stereocenters. The molecule has 0 saturated heterocycles. The Bertz CT molecular complexity index is 200. The minimum atomic E-state index is -0.854. The van der Waals surface area contributed by atoms with Crippen molar-refractivity contribution in [3.8, 4) is 0 Å². The lowest BCUT2D eigenvalue weighted by atomic mass is 10.1. The van der Waals surface area contributed by atoms with Crippen LogP contribution in [0.1, 0.15) is 64.2 Å². The number of rotatable bonds is 12. The zero-order chi connectivity index (χ0) is 12.8. The Labute approximate surface area is 105 Å². The average Bonchev–Trinajstić information content (AvgIpc) is 2.30. The van der Waals surface area contributed by atoms with E-state index in [1.807, 2.05) is 0 Å². The van der Waals surface area contributed by atoms with Crippen molar-refractivity contribution in [2.24, 2.45) is 0 Å². The number of aliphatic hydroxyl groups is 1. The van der Waals surface area contributed by atoms with Crippen LogP contribution in [0.2, 0.25) is 0 Å². The number of aliphatic carboxylic acids is 1. The molecule has 0 aliphatic rings. The fourth-order valence-electron chi connectivity index (χ4n) is 1.80. The van der Waals surface area contributed by atoms with Gasteiger partial charge in [-0.25, -0.2) is 4.79 Å². The number of carboxylic acid groups (broad SMARTS) is 1. The first-order chi connectivity index (χ1) is 8.27. The Hall–Kier alpha value is -0.830. The second kappa shape index (κ2) is 13.2. The summed E-state index contributed by atoms with van der Waals surface area (Å²) in [5.74, 6) is -0.854. The zero-order valence-electron chi connectivity index (χ0n) is 10.7. The molecule has 0 radical (unpaired) electrons. The van der Waals surface area contributed by atoms with Gasteiger partial charge in [-0.1, -0.05) is 51.0 Å². The molecule has 0 aliphatic carbocycles. The van der Waals surface area contributed by atoms with Crippen molar-refractivity contribution in [1.29, 1.82) is 0 Å². The molecule has 17 heavy (non-hydrogen) atoms. The molecule has 0 aromatic rings. The van der Waals surface area contributed by atoms with Gasteiger partial charge in [0.05, 0.1) is 0 Å². The Morgan fingerprint density at radius 3 is 1.76 bits per heavy atom. The van der Waals surface area contributed by atoms with Gasteiger partial charge in [-0.15, -0.1) is 0 Å². The number of hydrogen-bond donors (Lipinski definition) is 2. The molecule has 0 amide bonds. The number of hydrogen-bond acceptors (Lipinski definition) is 2. The highest BCUT2D eigenvalue weighted by Gasteiger charge is 1.92. The molecule has 3 heteroatoms. The van der Waals surface area contributed by atoms with Gasteiger partial charge in [0.1, 0.15) is 0 Å². The maximum absolute atomic E-state index is 10.2. The second-order valence-electron chi connectivity index (χ2n) is 4.43. The van der Waals surface area contributed by atoms with Crippen molar-refractivity contribution in [2.75, 3.05) is 6.61 Å². The average molecular weight is 242 g/mol. The third-order valence-corrected chi connectivity index (χ3v) is 2.79. The molecule has 0 rings (SSSR count). The van der Waals surface area contributed by atoms with Gasteiger partial charge in [-0.3, -0.25) is 0 Å². The lowest BCUT2D eigenvalue weighted by Gasteiger charge is -2.00. The molecular formula is C14H26O3. The normalized spacial score (nSPS) is 11.1. The Morgan fingerprint density at radius 2 is 1.29 bits per heavy atom. The standard InChI is InChI=1S/C14H26O3/c15-13-11-9-7-5-3-1-2-4-6-8-10-12-14(16)17/h10,12,15H,1-9,11,13H2,(H,16,17)/b12-10-. The van der Waals surface area contributed by atoms with E-state index in [2.05, 4.69) is 0 Å². The minimum absolute atomic E-state index is 0.323. The lowest BCUT2D eigenvalue weighted by molar-refractivity contribution is -0.131. The van der Waals surface area contributed by atoms with E-state index in [4.69, 9.17) is 10.2 Å². The van der Waals surface area contributed by atoms with Crippen LogP contribution in [0.15, 0.2) is 12.2 Å². The summed E-state index contributed by atoms with van der Waals surface area (Å²) in [6.45, 7) is 0.323. The van der Waals surface area contributed by atoms with Gasteiger partial charge in [-0.2, -0.15) is 0 Å². The molecule has 0 bridgehead atoms. The fourth-order valence-corrected chi connectivity index (χ4v) is 1.80. The molecule has 0 aliphatic heterocycles. The summed E-state index contributed by atoms with van der Waals surface area (Å²) >= 11 is 0. The van der Waals surface area contributed by atoms with Crippen molar-refractivity contribution < 1.29 is 15.0 Å². The highest BCUT2D eigenvalue weighted by molar-refractivity contribution is 5.79. The molecule has 0 unspecified atom stereocenters. The van der Waals surface area contributed by atoms with Crippen LogP contribution in [0.4, 0.5) is 0 Å². The number of aliphatic hydroxyl groups excluding tert-OH is 1. The summed E-state index contributed by atoms with van der Waals surface area (Å²) in [5.41, 5.74) is 0. The van der Waals surface area contributed by atoms with Crippen molar-refractivity contribution in [2.45, 2.75) is 64.2 Å². The number of carbonyl (C=O) groups is 1. The van der Waals surface area contributed by atoms with Gasteiger partial charge < -0.3 is 10.2 Å². The summed E-state index contributed by atoms with van der Waals surface area (Å²) in [6.07, 6.45) is 14.5. The van der Waals surface area contributed by atoms with Gasteiger partial charge in [-0.05, 0) is 19.3 Å². The molecule has 3 nitrogen and oxygen atoms in total. The third kappa shape index (κ3) is 15.2. The second-order valence-corrected chi connectivity index (χ2v) is 4.43. The summed E-state index contributed by atoms with van der Waals surface area (Å²) in [4.78, 5) is 10.2. The number of unbranched alkanes of at least 4 members (excludes halogenated alkanes) is 9. The van der Waals surface area contributed by atoms with Crippen LogP contribution >= 0.6 is 0 Å². The molecule has 0 heterocycles. The van der Waals surface area contributed by atoms with Crippen LogP contribution in [-0.4, -0.2) is 22.8 Å². The first-order valence-corrected chi connectivity index (χ1v) is 6.77. The van der Waals surface area contributed by atoms with Crippen LogP contribution in [0, 0.1) is 0 Å².